The fraction of sp³-hybridized carbons (Fsp3) is 0.680. The van der Waals surface area contributed by atoms with E-state index in [0.717, 1.165) is 58.4 Å². The summed E-state index contributed by atoms with van der Waals surface area (Å²) >= 11 is 0. The average molecular weight is 425 g/mol. The second-order valence-corrected chi connectivity index (χ2v) is 9.99. The molecular weight excluding hydrogens is 388 g/mol. The number of amides is 2. The van der Waals surface area contributed by atoms with Crippen LogP contribution in [-0.2, 0) is 16.1 Å². The predicted molar refractivity (Wildman–Crippen MR) is 120 cm³/mol. The molecule has 2 atom stereocenters. The van der Waals surface area contributed by atoms with E-state index in [1.165, 1.54) is 24.0 Å². The minimum absolute atomic E-state index is 0.159. The quantitative estimate of drug-likeness (QED) is 0.760. The average Bonchev–Trinajstić information content (AvgIpc) is 3.67. The van der Waals surface area contributed by atoms with Crippen LogP contribution in [0.5, 0.6) is 0 Å². The first-order valence-electron chi connectivity index (χ1n) is 12.2. The lowest BCUT2D eigenvalue weighted by atomic mass is 10.1. The summed E-state index contributed by atoms with van der Waals surface area (Å²) in [6, 6.07) is 9.39. The van der Waals surface area contributed by atoms with Crippen molar-refractivity contribution in [2.24, 2.45) is 5.92 Å². The molecule has 4 fully saturated rings. The molecule has 0 spiro atoms. The largest absolute Gasteiger partial charge is 0.340 e. The molecule has 5 rings (SSSR count). The van der Waals surface area contributed by atoms with Crippen LogP contribution < -0.4 is 5.32 Å². The van der Waals surface area contributed by atoms with E-state index in [4.69, 9.17) is 0 Å². The van der Waals surface area contributed by atoms with Crippen molar-refractivity contribution in [3.63, 3.8) is 0 Å². The van der Waals surface area contributed by atoms with E-state index in [1.807, 2.05) is 9.80 Å². The van der Waals surface area contributed by atoms with Crippen LogP contribution >= 0.6 is 0 Å². The molecule has 2 aliphatic carbocycles. The van der Waals surface area contributed by atoms with Crippen molar-refractivity contribution >= 4 is 11.8 Å². The number of hydrogen-bond acceptors (Lipinski definition) is 4. The molecule has 1 aromatic carbocycles. The summed E-state index contributed by atoms with van der Waals surface area (Å²) in [6.45, 7) is 7.11. The molecule has 0 radical (unpaired) electrons. The van der Waals surface area contributed by atoms with E-state index in [1.54, 1.807) is 0 Å². The Kier molecular flexibility index (Phi) is 6.02. The van der Waals surface area contributed by atoms with E-state index in [2.05, 4.69) is 41.4 Å². The standard InChI is InChI=1S/C25H36N4O2/c1-18-3-5-19(6-4-18)16-28(21-9-10-21)22-15-23(29(17-22)24(30)20-7-8-20)25(31)27-13-2-11-26-12-14-27/h3-6,20-23,26H,2,7-17H2,1H3. The van der Waals surface area contributed by atoms with Crippen molar-refractivity contribution in [2.45, 2.75) is 70.1 Å². The Morgan fingerprint density at radius 1 is 1.00 bits per heavy atom. The van der Waals surface area contributed by atoms with Gasteiger partial charge >= 0.3 is 0 Å². The van der Waals surface area contributed by atoms with Gasteiger partial charge in [0.1, 0.15) is 6.04 Å². The van der Waals surface area contributed by atoms with Crippen LogP contribution in [0.4, 0.5) is 0 Å². The number of hydrogen-bond donors (Lipinski definition) is 1. The number of carbonyl (C=O) groups excluding carboxylic acids is 2. The van der Waals surface area contributed by atoms with Gasteiger partial charge in [-0.15, -0.1) is 0 Å². The molecule has 1 aromatic rings. The Morgan fingerprint density at radius 3 is 2.48 bits per heavy atom. The summed E-state index contributed by atoms with van der Waals surface area (Å²) in [4.78, 5) is 33.3. The van der Waals surface area contributed by atoms with Crippen LogP contribution in [0.3, 0.4) is 0 Å². The summed E-state index contributed by atoms with van der Waals surface area (Å²) in [5.41, 5.74) is 2.60. The lowest BCUT2D eigenvalue weighted by Gasteiger charge is -2.29. The monoisotopic (exact) mass is 424 g/mol. The number of benzene rings is 1. The topological polar surface area (TPSA) is 55.9 Å². The van der Waals surface area contributed by atoms with Crippen LogP contribution in [0.2, 0.25) is 0 Å². The Balaban J connectivity index is 1.34. The van der Waals surface area contributed by atoms with Gasteiger partial charge in [-0.3, -0.25) is 14.5 Å². The molecule has 2 amide bonds. The lowest BCUT2D eigenvalue weighted by Crippen LogP contribution is -2.49. The number of rotatable bonds is 6. The van der Waals surface area contributed by atoms with Crippen LogP contribution in [0.15, 0.2) is 24.3 Å². The summed E-state index contributed by atoms with van der Waals surface area (Å²) in [6.07, 6.45) is 6.21. The molecular formula is C25H36N4O2. The van der Waals surface area contributed by atoms with Gasteiger partial charge < -0.3 is 15.1 Å². The first-order chi connectivity index (χ1) is 15.1. The zero-order valence-corrected chi connectivity index (χ0v) is 18.8. The minimum atomic E-state index is -0.282. The van der Waals surface area contributed by atoms with Gasteiger partial charge in [-0.2, -0.15) is 0 Å². The zero-order chi connectivity index (χ0) is 21.4. The van der Waals surface area contributed by atoms with Gasteiger partial charge in [0.05, 0.1) is 0 Å². The Labute approximate surface area is 185 Å². The van der Waals surface area contributed by atoms with Crippen LogP contribution in [0.25, 0.3) is 0 Å². The number of aryl methyl sites for hydroxylation is 1. The number of carbonyl (C=O) groups is 2. The van der Waals surface area contributed by atoms with Crippen molar-refractivity contribution in [1.82, 2.24) is 20.0 Å². The first-order valence-corrected chi connectivity index (χ1v) is 12.2. The Morgan fingerprint density at radius 2 is 1.77 bits per heavy atom. The van der Waals surface area contributed by atoms with E-state index >= 15 is 0 Å². The summed E-state index contributed by atoms with van der Waals surface area (Å²) < 4.78 is 0. The van der Waals surface area contributed by atoms with Crippen molar-refractivity contribution in [1.29, 1.82) is 0 Å². The van der Waals surface area contributed by atoms with Crippen molar-refractivity contribution in [3.05, 3.63) is 35.4 Å². The van der Waals surface area contributed by atoms with Gasteiger partial charge in [-0.05, 0) is 57.6 Å². The van der Waals surface area contributed by atoms with Crippen molar-refractivity contribution in [3.8, 4) is 0 Å². The molecule has 6 nitrogen and oxygen atoms in total. The van der Waals surface area contributed by atoms with E-state index < -0.39 is 0 Å². The predicted octanol–water partition coefficient (Wildman–Crippen LogP) is 2.16. The molecule has 2 saturated carbocycles. The second kappa shape index (κ2) is 8.91. The molecule has 6 heteroatoms. The molecule has 168 valence electrons. The second-order valence-electron chi connectivity index (χ2n) is 9.99. The molecule has 0 aromatic heterocycles. The van der Waals surface area contributed by atoms with Gasteiger partial charge in [-0.25, -0.2) is 0 Å². The zero-order valence-electron chi connectivity index (χ0n) is 18.8. The highest BCUT2D eigenvalue weighted by molar-refractivity contribution is 5.90. The highest BCUT2D eigenvalue weighted by atomic mass is 16.2. The molecule has 2 heterocycles. The molecule has 2 aliphatic heterocycles. The van der Waals surface area contributed by atoms with E-state index in [9.17, 15) is 9.59 Å². The molecule has 31 heavy (non-hydrogen) atoms. The van der Waals surface area contributed by atoms with Gasteiger partial charge in [0.25, 0.3) is 0 Å². The van der Waals surface area contributed by atoms with Crippen LogP contribution in [0.1, 0.15) is 49.7 Å². The highest BCUT2D eigenvalue weighted by Gasteiger charge is 2.48. The fourth-order valence-corrected chi connectivity index (χ4v) is 5.24. The number of nitrogens with zero attached hydrogens (tertiary/aromatic N) is 3. The van der Waals surface area contributed by atoms with Crippen LogP contribution in [0, 0.1) is 12.8 Å². The maximum atomic E-state index is 13.5. The third-order valence-corrected chi connectivity index (χ3v) is 7.40. The SMILES string of the molecule is Cc1ccc(CN(C2CC2)C2CC(C(=O)N3CCCNCC3)N(C(=O)C3CC3)C2)cc1. The van der Waals surface area contributed by atoms with Gasteiger partial charge in [0.15, 0.2) is 0 Å². The first kappa shape index (κ1) is 21.0. The van der Waals surface area contributed by atoms with Gasteiger partial charge in [0.2, 0.25) is 11.8 Å². The smallest absolute Gasteiger partial charge is 0.245 e. The van der Waals surface area contributed by atoms with Gasteiger partial charge in [0, 0.05) is 50.7 Å². The van der Waals surface area contributed by atoms with Crippen molar-refractivity contribution in [2.75, 3.05) is 32.7 Å². The van der Waals surface area contributed by atoms with Gasteiger partial charge in [-0.1, -0.05) is 29.8 Å². The van der Waals surface area contributed by atoms with E-state index in [-0.39, 0.29) is 29.8 Å². The molecule has 1 N–H and O–H groups in total. The normalized spacial score (nSPS) is 26.9. The maximum Gasteiger partial charge on any atom is 0.245 e. The third kappa shape index (κ3) is 4.80. The molecule has 4 aliphatic rings. The minimum Gasteiger partial charge on any atom is -0.340 e. The number of likely N-dealkylation sites (tertiary alicyclic amines) is 1. The van der Waals surface area contributed by atoms with Crippen molar-refractivity contribution < 1.29 is 9.59 Å². The molecule has 0 bridgehead atoms. The van der Waals surface area contributed by atoms with Crippen LogP contribution in [-0.4, -0.2) is 77.4 Å². The summed E-state index contributed by atoms with van der Waals surface area (Å²) in [5, 5.41) is 3.38. The summed E-state index contributed by atoms with van der Waals surface area (Å²) in [5.74, 6) is 0.553. The fourth-order valence-electron chi connectivity index (χ4n) is 5.24. The molecule has 2 saturated heterocycles. The lowest BCUT2D eigenvalue weighted by molar-refractivity contribution is -0.144. The molecule has 2 unspecified atom stereocenters. The third-order valence-electron chi connectivity index (χ3n) is 7.40. The maximum absolute atomic E-state index is 13.5. The van der Waals surface area contributed by atoms with E-state index in [0.29, 0.717) is 12.6 Å². The Hall–Kier alpha value is -1.92. The Bertz CT molecular complexity index is 794. The highest BCUT2D eigenvalue weighted by Crippen LogP contribution is 2.38. The summed E-state index contributed by atoms with van der Waals surface area (Å²) in [7, 11) is 0. The number of nitrogens with one attached hydrogen (secondary N) is 1.